The summed E-state index contributed by atoms with van der Waals surface area (Å²) in [5.41, 5.74) is 16.3. The van der Waals surface area contributed by atoms with Crippen molar-refractivity contribution in [1.29, 1.82) is 5.41 Å². The average Bonchev–Trinajstić information content (AvgIpc) is 2.33. The minimum atomic E-state index is -0.485. The van der Waals surface area contributed by atoms with E-state index in [-0.39, 0.29) is 11.9 Å². The lowest BCUT2D eigenvalue weighted by molar-refractivity contribution is -0.131. The molecule has 0 unspecified atom stereocenters. The molecule has 0 aromatic carbocycles. The van der Waals surface area contributed by atoms with Gasteiger partial charge in [-0.05, 0) is 32.2 Å². The van der Waals surface area contributed by atoms with E-state index in [9.17, 15) is 4.79 Å². The number of amides is 1. The molecule has 0 saturated carbocycles. The summed E-state index contributed by atoms with van der Waals surface area (Å²) in [5.74, 6) is -0.108. The van der Waals surface area contributed by atoms with E-state index in [2.05, 4.69) is 5.32 Å². The number of unbranched alkanes of at least 4 members (excludes halogenated alkanes) is 1. The second kappa shape index (κ2) is 9.67. The van der Waals surface area contributed by atoms with Crippen LogP contribution in [-0.2, 0) is 4.79 Å². The molecule has 0 aliphatic rings. The Morgan fingerprint density at radius 2 is 2.06 bits per heavy atom. The minimum Gasteiger partial charge on any atom is -0.370 e. The van der Waals surface area contributed by atoms with E-state index in [4.69, 9.17) is 22.6 Å². The molecule has 1 atom stereocenters. The fraction of sp³-hybridized carbons (Fsp3) is 0.818. The number of rotatable bonds is 9. The zero-order valence-electron chi connectivity index (χ0n) is 11.1. The Hall–Kier alpha value is -1.34. The Labute approximate surface area is 109 Å². The van der Waals surface area contributed by atoms with Crippen LogP contribution in [0.1, 0.15) is 25.7 Å². The van der Waals surface area contributed by atoms with Crippen LogP contribution in [-0.4, -0.2) is 49.5 Å². The van der Waals surface area contributed by atoms with Crippen LogP contribution in [0.2, 0.25) is 0 Å². The van der Waals surface area contributed by atoms with Crippen LogP contribution < -0.4 is 22.5 Å². The Morgan fingerprint density at radius 3 is 2.61 bits per heavy atom. The molecule has 0 aliphatic carbocycles. The number of guanidine groups is 1. The lowest BCUT2D eigenvalue weighted by atomic mass is 10.1. The predicted molar refractivity (Wildman–Crippen MR) is 73.1 cm³/mol. The first-order chi connectivity index (χ1) is 8.49. The van der Waals surface area contributed by atoms with Gasteiger partial charge in [0.1, 0.15) is 0 Å². The molecule has 0 aromatic heterocycles. The van der Waals surface area contributed by atoms with Crippen LogP contribution in [0, 0.1) is 5.41 Å². The van der Waals surface area contributed by atoms with Crippen LogP contribution >= 0.6 is 0 Å². The zero-order chi connectivity index (χ0) is 14.0. The summed E-state index contributed by atoms with van der Waals surface area (Å²) >= 11 is 0. The van der Waals surface area contributed by atoms with Crippen molar-refractivity contribution in [2.75, 3.05) is 26.7 Å². The summed E-state index contributed by atoms with van der Waals surface area (Å²) in [5, 5.41) is 9.65. The smallest absolute Gasteiger partial charge is 0.239 e. The largest absolute Gasteiger partial charge is 0.370 e. The summed E-state index contributed by atoms with van der Waals surface area (Å²) in [6.07, 6.45) is 3.11. The molecule has 7 nitrogen and oxygen atoms in total. The highest BCUT2D eigenvalue weighted by molar-refractivity contribution is 5.81. The molecule has 0 heterocycles. The lowest BCUT2D eigenvalue weighted by Crippen LogP contribution is -2.42. The molecule has 1 amide bonds. The Balaban J connectivity index is 3.76. The molecular weight excluding hydrogens is 232 g/mol. The van der Waals surface area contributed by atoms with Crippen LogP contribution in [0.4, 0.5) is 0 Å². The number of carbonyl (C=O) groups excluding carboxylic acids is 1. The van der Waals surface area contributed by atoms with Gasteiger partial charge in [-0.2, -0.15) is 0 Å². The minimum absolute atomic E-state index is 0.0464. The van der Waals surface area contributed by atoms with Gasteiger partial charge in [-0.1, -0.05) is 0 Å². The van der Waals surface area contributed by atoms with Gasteiger partial charge in [-0.15, -0.1) is 0 Å². The summed E-state index contributed by atoms with van der Waals surface area (Å²) in [7, 11) is 1.76. The Morgan fingerprint density at radius 1 is 1.39 bits per heavy atom. The van der Waals surface area contributed by atoms with Crippen LogP contribution in [0.3, 0.4) is 0 Å². The van der Waals surface area contributed by atoms with E-state index in [1.807, 2.05) is 0 Å². The second-order valence-corrected chi connectivity index (χ2v) is 4.34. The van der Waals surface area contributed by atoms with Gasteiger partial charge in [0.15, 0.2) is 5.96 Å². The molecule has 0 rings (SSSR count). The normalized spacial score (nSPS) is 11.9. The number of hydrogen-bond acceptors (Lipinski definition) is 4. The zero-order valence-corrected chi connectivity index (χ0v) is 11.1. The second-order valence-electron chi connectivity index (χ2n) is 4.34. The molecule has 0 fully saturated rings. The molecule has 106 valence electrons. The molecular formula is C11H26N6O. The van der Waals surface area contributed by atoms with E-state index in [0.29, 0.717) is 32.5 Å². The van der Waals surface area contributed by atoms with Crippen LogP contribution in [0.15, 0.2) is 0 Å². The third kappa shape index (κ3) is 7.86. The van der Waals surface area contributed by atoms with Crippen LogP contribution in [0.25, 0.3) is 0 Å². The van der Waals surface area contributed by atoms with Crippen molar-refractivity contribution in [3.05, 3.63) is 0 Å². The molecule has 0 aromatic rings. The summed E-state index contributed by atoms with van der Waals surface area (Å²) in [6, 6.07) is -0.485. The Bertz CT molecular complexity index is 258. The monoisotopic (exact) mass is 258 g/mol. The number of likely N-dealkylation sites (N-methyl/N-ethyl adjacent to an activating group) is 1. The molecule has 0 radical (unpaired) electrons. The quantitative estimate of drug-likeness (QED) is 0.201. The lowest BCUT2D eigenvalue weighted by Gasteiger charge is -2.21. The summed E-state index contributed by atoms with van der Waals surface area (Å²) in [4.78, 5) is 13.5. The van der Waals surface area contributed by atoms with Gasteiger partial charge in [-0.3, -0.25) is 10.2 Å². The third-order valence-electron chi connectivity index (χ3n) is 2.65. The fourth-order valence-electron chi connectivity index (χ4n) is 1.56. The van der Waals surface area contributed by atoms with Crippen molar-refractivity contribution >= 4 is 11.9 Å². The highest BCUT2D eigenvalue weighted by atomic mass is 16.2. The summed E-state index contributed by atoms with van der Waals surface area (Å²) in [6.45, 7) is 1.90. The van der Waals surface area contributed by atoms with Gasteiger partial charge < -0.3 is 27.4 Å². The standard InChI is InChI=1S/C11H26N6O/c1-17(8-3-2-6-12)10(18)9(13)5-4-7-16-11(14)15/h9H,2-8,12-13H2,1H3,(H4,14,15,16)/t9-/m0/s1. The molecule has 18 heavy (non-hydrogen) atoms. The van der Waals surface area contributed by atoms with Crippen molar-refractivity contribution < 1.29 is 4.79 Å². The Kier molecular flexibility index (Phi) is 8.95. The van der Waals surface area contributed by atoms with E-state index >= 15 is 0 Å². The number of hydrogen-bond donors (Lipinski definition) is 5. The first-order valence-electron chi connectivity index (χ1n) is 6.27. The van der Waals surface area contributed by atoms with Crippen molar-refractivity contribution in [2.45, 2.75) is 31.7 Å². The fourth-order valence-corrected chi connectivity index (χ4v) is 1.56. The maximum Gasteiger partial charge on any atom is 0.239 e. The SMILES string of the molecule is CN(CCCCN)C(=O)[C@@H](N)CCCNC(=N)N. The maximum absolute atomic E-state index is 11.8. The van der Waals surface area contributed by atoms with E-state index in [0.717, 1.165) is 12.8 Å². The average molecular weight is 258 g/mol. The predicted octanol–water partition coefficient (Wildman–Crippen LogP) is -1.23. The molecule has 0 saturated heterocycles. The van der Waals surface area contributed by atoms with Gasteiger partial charge in [0.2, 0.25) is 5.91 Å². The van der Waals surface area contributed by atoms with Crippen LogP contribution in [0.5, 0.6) is 0 Å². The molecule has 0 bridgehead atoms. The van der Waals surface area contributed by atoms with Gasteiger partial charge in [0.25, 0.3) is 0 Å². The van der Waals surface area contributed by atoms with Gasteiger partial charge in [-0.25, -0.2) is 0 Å². The topological polar surface area (TPSA) is 134 Å². The maximum atomic E-state index is 11.8. The highest BCUT2D eigenvalue weighted by Crippen LogP contribution is 2.00. The first-order valence-corrected chi connectivity index (χ1v) is 6.27. The van der Waals surface area contributed by atoms with Crippen molar-refractivity contribution in [2.24, 2.45) is 17.2 Å². The number of nitrogens with one attached hydrogen (secondary N) is 2. The van der Waals surface area contributed by atoms with Crippen molar-refractivity contribution in [1.82, 2.24) is 10.2 Å². The van der Waals surface area contributed by atoms with Gasteiger partial charge in [0, 0.05) is 20.1 Å². The van der Waals surface area contributed by atoms with Gasteiger partial charge in [0.05, 0.1) is 6.04 Å². The van der Waals surface area contributed by atoms with E-state index in [1.165, 1.54) is 0 Å². The molecule has 0 aliphatic heterocycles. The molecule has 7 heteroatoms. The summed E-state index contributed by atoms with van der Waals surface area (Å²) < 4.78 is 0. The number of nitrogens with two attached hydrogens (primary N) is 3. The highest BCUT2D eigenvalue weighted by Gasteiger charge is 2.16. The van der Waals surface area contributed by atoms with Crippen molar-refractivity contribution in [3.63, 3.8) is 0 Å². The van der Waals surface area contributed by atoms with E-state index in [1.54, 1.807) is 11.9 Å². The number of nitrogens with zero attached hydrogens (tertiary/aromatic N) is 1. The number of carbonyl (C=O) groups is 1. The van der Waals surface area contributed by atoms with Crippen molar-refractivity contribution in [3.8, 4) is 0 Å². The molecule has 0 spiro atoms. The first kappa shape index (κ1) is 16.7. The van der Waals surface area contributed by atoms with E-state index < -0.39 is 6.04 Å². The molecule has 8 N–H and O–H groups in total. The van der Waals surface area contributed by atoms with Gasteiger partial charge >= 0.3 is 0 Å². The third-order valence-corrected chi connectivity index (χ3v) is 2.65.